The average molecular weight is 577 g/mol. The van der Waals surface area contributed by atoms with Crippen LogP contribution in [0, 0.1) is 5.92 Å². The Morgan fingerprint density at radius 3 is 2.60 bits per heavy atom. The third-order valence-corrected chi connectivity index (χ3v) is 12.1. The Morgan fingerprint density at radius 1 is 1.12 bits per heavy atom. The molecule has 0 saturated heterocycles. The molecule has 2 aliphatic heterocycles. The van der Waals surface area contributed by atoms with Crippen molar-refractivity contribution in [3.63, 3.8) is 0 Å². The lowest BCUT2D eigenvalue weighted by molar-refractivity contribution is -0.137. The van der Waals surface area contributed by atoms with Crippen LogP contribution < -0.4 is 0 Å². The highest BCUT2D eigenvalue weighted by Gasteiger charge is 2.58. The van der Waals surface area contributed by atoms with Gasteiger partial charge < -0.3 is 24.0 Å². The monoisotopic (exact) mass is 576 g/mol. The predicted octanol–water partition coefficient (Wildman–Crippen LogP) is 4.73. The van der Waals surface area contributed by atoms with Crippen molar-refractivity contribution in [1.29, 1.82) is 0 Å². The summed E-state index contributed by atoms with van der Waals surface area (Å²) in [5, 5.41) is 8.75. The molecule has 3 atom stereocenters. The van der Waals surface area contributed by atoms with Gasteiger partial charge >= 0.3 is 0 Å². The van der Waals surface area contributed by atoms with Gasteiger partial charge in [-0.1, -0.05) is 12.5 Å². The van der Waals surface area contributed by atoms with Crippen LogP contribution in [0.1, 0.15) is 96.3 Å². The summed E-state index contributed by atoms with van der Waals surface area (Å²) in [6.07, 6.45) is 14.1. The van der Waals surface area contributed by atoms with Crippen LogP contribution in [0.2, 0.25) is 0 Å². The molecule has 40 heavy (non-hydrogen) atoms. The lowest BCUT2D eigenvalue weighted by Gasteiger charge is -2.35. The number of hydrogen-bond donors (Lipinski definition) is 1. The van der Waals surface area contributed by atoms with Gasteiger partial charge in [-0.3, -0.25) is 4.79 Å². The zero-order valence-corrected chi connectivity index (χ0v) is 24.8. The molecule has 9 heteroatoms. The van der Waals surface area contributed by atoms with E-state index in [4.69, 9.17) is 19.6 Å². The maximum Gasteiger partial charge on any atom is 0.255 e. The number of rotatable bonds is 11. The van der Waals surface area contributed by atoms with Crippen molar-refractivity contribution in [2.45, 2.75) is 119 Å². The first-order chi connectivity index (χ1) is 19.4. The van der Waals surface area contributed by atoms with E-state index >= 15 is 0 Å². The number of ether oxygens (including phenoxy) is 2. The molecule has 2 fully saturated rings. The van der Waals surface area contributed by atoms with Gasteiger partial charge in [-0.25, -0.2) is 4.99 Å². The molecule has 224 valence electrons. The van der Waals surface area contributed by atoms with Crippen LogP contribution in [0.3, 0.4) is 0 Å². The summed E-state index contributed by atoms with van der Waals surface area (Å²) in [6, 6.07) is 0. The lowest BCUT2D eigenvalue weighted by atomic mass is 9.80. The number of nitrogens with zero attached hydrogens (tertiary/aromatic N) is 2. The Labute approximate surface area is 240 Å². The van der Waals surface area contributed by atoms with Crippen molar-refractivity contribution in [1.82, 2.24) is 4.90 Å². The number of carbonyl (C=O) groups is 1. The largest absolute Gasteiger partial charge is 0.615 e. The quantitative estimate of drug-likeness (QED) is 0.216. The second-order valence-corrected chi connectivity index (χ2v) is 14.9. The van der Waals surface area contributed by atoms with Crippen LogP contribution in [0.25, 0.3) is 0 Å². The first kappa shape index (κ1) is 29.9. The van der Waals surface area contributed by atoms with Gasteiger partial charge in [0.2, 0.25) is 0 Å². The molecule has 2 saturated carbocycles. The van der Waals surface area contributed by atoms with Gasteiger partial charge in [0.1, 0.15) is 11.0 Å². The van der Waals surface area contributed by atoms with Crippen LogP contribution in [0.15, 0.2) is 28.8 Å². The molecule has 0 aromatic rings. The molecule has 0 bridgehead atoms. The molecule has 1 N–H and O–H groups in total. The van der Waals surface area contributed by atoms with Crippen LogP contribution in [-0.2, 0) is 28.7 Å². The Bertz CT molecular complexity index is 1030. The minimum atomic E-state index is -3.35. The first-order valence-corrected chi connectivity index (χ1v) is 17.4. The number of amides is 1. The second kappa shape index (κ2) is 13.2. The lowest BCUT2D eigenvalue weighted by Crippen LogP contribution is -2.54. The van der Waals surface area contributed by atoms with E-state index in [0.717, 1.165) is 83.5 Å². The van der Waals surface area contributed by atoms with Crippen molar-refractivity contribution in [2.75, 3.05) is 32.1 Å². The van der Waals surface area contributed by atoms with E-state index in [-0.39, 0.29) is 42.0 Å². The Hall–Kier alpha value is -1.55. The highest BCUT2D eigenvalue weighted by atomic mass is 32.3. The third-order valence-electron chi connectivity index (χ3n) is 9.82. The van der Waals surface area contributed by atoms with E-state index in [9.17, 15) is 13.6 Å². The molecule has 1 amide bonds. The first-order valence-electron chi connectivity index (χ1n) is 15.7. The van der Waals surface area contributed by atoms with Crippen LogP contribution in [0.5, 0.6) is 0 Å². The minimum absolute atomic E-state index is 0.0317. The number of aliphatic hydroxyl groups is 1. The zero-order valence-electron chi connectivity index (χ0n) is 24.0. The number of sulfone groups is 1. The van der Waals surface area contributed by atoms with Crippen molar-refractivity contribution in [2.24, 2.45) is 10.9 Å². The van der Waals surface area contributed by atoms with E-state index in [2.05, 4.69) is 6.58 Å². The maximum absolute atomic E-state index is 14.4. The average Bonchev–Trinajstić information content (AvgIpc) is 3.34. The predicted molar refractivity (Wildman–Crippen MR) is 156 cm³/mol. The molecule has 0 radical (unpaired) electrons. The van der Waals surface area contributed by atoms with Crippen molar-refractivity contribution < 1.29 is 28.1 Å². The van der Waals surface area contributed by atoms with E-state index in [0.29, 0.717) is 32.0 Å². The standard InChI is InChI=1S/C31H48N2O6S/c1-2-18-33-22-24-9-6-7-12-27(24)28-31(30(33)35,17-21-40(36,37)26-10-4-3-5-11-26)32-29(39-28)23-13-15-25(16-14-23)38-20-8-19-34/h2,23,25-26,28,34H,1,3-22H2/t23?,25?,28-,31-/m0/s1. The topological polar surface area (TPSA) is 111 Å². The van der Waals surface area contributed by atoms with Crippen molar-refractivity contribution in [3.05, 3.63) is 23.8 Å². The van der Waals surface area contributed by atoms with Crippen LogP contribution in [0.4, 0.5) is 0 Å². The van der Waals surface area contributed by atoms with E-state index < -0.39 is 21.9 Å². The fraction of sp³-hybridized carbons (Fsp3) is 0.806. The summed E-state index contributed by atoms with van der Waals surface area (Å²) in [6.45, 7) is 5.57. The van der Waals surface area contributed by atoms with Gasteiger partial charge in [-0.05, 0) is 94.6 Å². The second-order valence-electron chi connectivity index (χ2n) is 12.5. The molecule has 8 nitrogen and oxygen atoms in total. The normalized spacial score (nSPS) is 33.0. The zero-order chi connectivity index (χ0) is 28.2. The SMILES string of the molecule is C=CCN1CC2=C(CCCC2)[C@@H]2OC(C3CCC(OCCCO)CC3)=N[C@]2(CC[S+](=O)([O-])C2CCCCC2)C1=O. The summed E-state index contributed by atoms with van der Waals surface area (Å²) < 4.78 is 39.8. The van der Waals surface area contributed by atoms with Crippen LogP contribution >= 0.6 is 0 Å². The molecular formula is C31H48N2O6S. The molecule has 2 heterocycles. The van der Waals surface area contributed by atoms with Gasteiger partial charge in [0.25, 0.3) is 5.91 Å². The smallest absolute Gasteiger partial charge is 0.255 e. The fourth-order valence-corrected chi connectivity index (χ4v) is 9.53. The van der Waals surface area contributed by atoms with Gasteiger partial charge in [-0.2, -0.15) is 0 Å². The number of aliphatic imine (C=N–C) groups is 1. The maximum atomic E-state index is 14.4. The summed E-state index contributed by atoms with van der Waals surface area (Å²) in [5.41, 5.74) is 1.21. The van der Waals surface area contributed by atoms with Crippen molar-refractivity contribution >= 4 is 22.0 Å². The summed E-state index contributed by atoms with van der Waals surface area (Å²) >= 11 is 0. The molecular weight excluding hydrogens is 528 g/mol. The van der Waals surface area contributed by atoms with Gasteiger partial charge in [-0.15, -0.1) is 10.8 Å². The number of carbonyl (C=O) groups excluding carboxylic acids is 1. The summed E-state index contributed by atoms with van der Waals surface area (Å²) in [4.78, 5) is 21.4. The Balaban J connectivity index is 1.43. The number of aliphatic hydroxyl groups excluding tert-OH is 1. The summed E-state index contributed by atoms with van der Waals surface area (Å²) in [7, 11) is -3.35. The highest BCUT2D eigenvalue weighted by molar-refractivity contribution is 7.98. The Kier molecular flexibility index (Phi) is 9.86. The number of fused-ring (bicyclic) bond motifs is 2. The van der Waals surface area contributed by atoms with E-state index in [1.54, 1.807) is 6.08 Å². The van der Waals surface area contributed by atoms with Gasteiger partial charge in [0.15, 0.2) is 17.5 Å². The van der Waals surface area contributed by atoms with E-state index in [1.807, 2.05) is 4.90 Å². The molecule has 5 rings (SSSR count). The highest BCUT2D eigenvalue weighted by Crippen LogP contribution is 2.46. The van der Waals surface area contributed by atoms with Crippen LogP contribution in [-0.4, -0.2) is 81.4 Å². The van der Waals surface area contributed by atoms with Crippen molar-refractivity contribution in [3.8, 4) is 0 Å². The molecule has 5 aliphatic rings. The van der Waals surface area contributed by atoms with E-state index in [1.165, 1.54) is 11.1 Å². The minimum Gasteiger partial charge on any atom is -0.615 e. The van der Waals surface area contributed by atoms with Gasteiger partial charge in [0.05, 0.1) is 6.10 Å². The molecule has 1 unspecified atom stereocenters. The van der Waals surface area contributed by atoms with Gasteiger partial charge in [0, 0.05) is 48.9 Å². The number of hydrogen-bond acceptors (Lipinski definition) is 7. The molecule has 0 aromatic heterocycles. The Morgan fingerprint density at radius 2 is 1.88 bits per heavy atom. The third kappa shape index (κ3) is 6.27. The molecule has 3 aliphatic carbocycles. The molecule has 0 spiro atoms. The fourth-order valence-electron chi connectivity index (χ4n) is 7.55. The summed E-state index contributed by atoms with van der Waals surface area (Å²) in [5.74, 6) is 0.599. The molecule has 0 aromatic carbocycles.